The van der Waals surface area contributed by atoms with Crippen molar-refractivity contribution in [2.75, 3.05) is 26.8 Å². The van der Waals surface area contributed by atoms with Gasteiger partial charge in [-0.05, 0) is 24.7 Å². The number of carbonyl (C=O) groups is 1. The molecule has 0 saturated heterocycles. The quantitative estimate of drug-likeness (QED) is 0.319. The lowest BCUT2D eigenvalue weighted by atomic mass is 9.61. The fourth-order valence-electron chi connectivity index (χ4n) is 2.94. The molecule has 1 amide bonds. The predicted octanol–water partition coefficient (Wildman–Crippen LogP) is 1.28. The first-order valence-corrected chi connectivity index (χ1v) is 7.13. The average molecular weight is 285 g/mol. The average Bonchev–Trinajstić information content (AvgIpc) is 2.37. The second-order valence-electron chi connectivity index (χ2n) is 6.22. The van der Waals surface area contributed by atoms with E-state index in [2.05, 4.69) is 25.9 Å². The summed E-state index contributed by atoms with van der Waals surface area (Å²) in [4.78, 5) is 14.6. The molecule has 6 nitrogen and oxygen atoms in total. The third-order valence-corrected chi connectivity index (χ3v) is 3.84. The van der Waals surface area contributed by atoms with Crippen LogP contribution in [-0.4, -0.2) is 48.7 Å². The van der Waals surface area contributed by atoms with Gasteiger partial charge < -0.3 is 20.6 Å². The highest BCUT2D eigenvalue weighted by atomic mass is 16.5. The maximum atomic E-state index is 12.8. The van der Waals surface area contributed by atoms with E-state index >= 15 is 0 Å². The zero-order chi connectivity index (χ0) is 15.3. The lowest BCUT2D eigenvalue weighted by molar-refractivity contribution is -0.145. The van der Waals surface area contributed by atoms with Crippen molar-refractivity contribution in [1.82, 2.24) is 4.90 Å². The lowest BCUT2D eigenvalue weighted by Crippen LogP contribution is -2.58. The fraction of sp³-hybridized carbons (Fsp3) is 0.857. The fourth-order valence-corrected chi connectivity index (χ4v) is 2.94. The van der Waals surface area contributed by atoms with Gasteiger partial charge in [0.2, 0.25) is 5.91 Å². The van der Waals surface area contributed by atoms with Gasteiger partial charge in [-0.15, -0.1) is 0 Å². The van der Waals surface area contributed by atoms with Gasteiger partial charge in [0.25, 0.3) is 0 Å². The Balaban J connectivity index is 2.90. The molecule has 0 aliphatic heterocycles. The molecule has 0 spiro atoms. The molecule has 116 valence electrons. The number of ether oxygens (including phenoxy) is 1. The monoisotopic (exact) mass is 285 g/mol. The van der Waals surface area contributed by atoms with Crippen LogP contribution in [0.5, 0.6) is 0 Å². The van der Waals surface area contributed by atoms with Gasteiger partial charge in [-0.2, -0.15) is 0 Å². The molecule has 0 aromatic heterocycles. The van der Waals surface area contributed by atoms with E-state index in [1.807, 2.05) is 0 Å². The molecule has 1 saturated carbocycles. The van der Waals surface area contributed by atoms with Gasteiger partial charge >= 0.3 is 0 Å². The molecule has 0 unspecified atom stereocenters. The van der Waals surface area contributed by atoms with E-state index in [0.717, 1.165) is 0 Å². The minimum absolute atomic E-state index is 0.0340. The lowest BCUT2D eigenvalue weighted by Gasteiger charge is -2.46. The van der Waals surface area contributed by atoms with E-state index in [1.165, 1.54) is 0 Å². The Morgan fingerprint density at radius 2 is 2.15 bits per heavy atom. The Morgan fingerprint density at radius 1 is 1.55 bits per heavy atom. The summed E-state index contributed by atoms with van der Waals surface area (Å²) in [5, 5.41) is 12.1. The van der Waals surface area contributed by atoms with Crippen LogP contribution in [0.4, 0.5) is 0 Å². The zero-order valence-corrected chi connectivity index (χ0v) is 12.9. The molecule has 1 aliphatic carbocycles. The number of rotatable bonds is 7. The summed E-state index contributed by atoms with van der Waals surface area (Å²) >= 11 is 0. The van der Waals surface area contributed by atoms with E-state index in [1.54, 1.807) is 12.0 Å². The summed E-state index contributed by atoms with van der Waals surface area (Å²) in [5.74, 6) is 0.767. The highest BCUT2D eigenvalue weighted by molar-refractivity contribution is 6.07. The van der Waals surface area contributed by atoms with Gasteiger partial charge in [-0.1, -0.05) is 25.9 Å². The highest BCUT2D eigenvalue weighted by Gasteiger charge is 2.53. The first kappa shape index (κ1) is 16.8. The number of amides is 1. The molecule has 6 heteroatoms. The van der Waals surface area contributed by atoms with Crippen molar-refractivity contribution in [3.63, 3.8) is 0 Å². The summed E-state index contributed by atoms with van der Waals surface area (Å²) in [7, 11) is 1.61. The summed E-state index contributed by atoms with van der Waals surface area (Å²) in [6.07, 6.45) is 1.28. The van der Waals surface area contributed by atoms with Crippen LogP contribution in [0.1, 0.15) is 33.6 Å². The number of hydrogen-bond donors (Lipinski definition) is 2. The maximum Gasteiger partial charge on any atom is 0.236 e. The predicted molar refractivity (Wildman–Crippen MR) is 77.5 cm³/mol. The van der Waals surface area contributed by atoms with Gasteiger partial charge in [0, 0.05) is 20.2 Å². The zero-order valence-electron chi connectivity index (χ0n) is 12.9. The molecule has 0 aromatic carbocycles. The number of nitrogens with two attached hydrogens (primary N) is 1. The second-order valence-corrected chi connectivity index (χ2v) is 6.22. The molecule has 0 atom stereocenters. The minimum Gasteiger partial charge on any atom is -0.409 e. The largest absolute Gasteiger partial charge is 0.409 e. The van der Waals surface area contributed by atoms with Crippen molar-refractivity contribution in [2.45, 2.75) is 33.6 Å². The summed E-state index contributed by atoms with van der Waals surface area (Å²) in [6, 6.07) is 0. The van der Waals surface area contributed by atoms with Crippen molar-refractivity contribution in [1.29, 1.82) is 0 Å². The molecular formula is C14H27N3O3. The SMILES string of the molecule is COCCN(CC(C)C)C(=O)C1(C(N)=NO)CC(C)C1. The van der Waals surface area contributed by atoms with E-state index in [9.17, 15) is 4.79 Å². The Morgan fingerprint density at radius 3 is 2.55 bits per heavy atom. The summed E-state index contributed by atoms with van der Waals surface area (Å²) in [5.41, 5.74) is 4.97. The molecule has 1 fully saturated rings. The van der Waals surface area contributed by atoms with Crippen LogP contribution < -0.4 is 5.73 Å². The first-order chi connectivity index (χ1) is 9.37. The van der Waals surface area contributed by atoms with Crippen LogP contribution in [0.25, 0.3) is 0 Å². The topological polar surface area (TPSA) is 88.2 Å². The van der Waals surface area contributed by atoms with Crippen molar-refractivity contribution in [3.05, 3.63) is 0 Å². The van der Waals surface area contributed by atoms with Crippen molar-refractivity contribution in [3.8, 4) is 0 Å². The number of hydrogen-bond acceptors (Lipinski definition) is 4. The standard InChI is InChI=1S/C14H27N3O3/c1-10(2)9-17(5-6-20-4)13(18)14(12(15)16-19)7-11(3)8-14/h10-11,19H,5-9H2,1-4H3,(H2,15,16). The van der Waals surface area contributed by atoms with E-state index in [4.69, 9.17) is 15.7 Å². The number of amidine groups is 1. The normalized spacial score (nSPS) is 26.4. The molecule has 0 heterocycles. The van der Waals surface area contributed by atoms with Gasteiger partial charge in [-0.3, -0.25) is 4.79 Å². The molecule has 3 N–H and O–H groups in total. The van der Waals surface area contributed by atoms with Crippen molar-refractivity contribution < 1.29 is 14.7 Å². The van der Waals surface area contributed by atoms with E-state index in [0.29, 0.717) is 44.4 Å². The van der Waals surface area contributed by atoms with Crippen LogP contribution in [0.2, 0.25) is 0 Å². The molecule has 0 radical (unpaired) electrons. The third kappa shape index (κ3) is 3.42. The Hall–Kier alpha value is -1.30. The number of methoxy groups -OCH3 is 1. The smallest absolute Gasteiger partial charge is 0.236 e. The Bertz CT molecular complexity index is 363. The number of carbonyl (C=O) groups excluding carboxylic acids is 1. The van der Waals surface area contributed by atoms with Crippen molar-refractivity contribution >= 4 is 11.7 Å². The number of oxime groups is 1. The summed E-state index contributed by atoms with van der Waals surface area (Å²) < 4.78 is 5.07. The van der Waals surface area contributed by atoms with E-state index < -0.39 is 5.41 Å². The molecular weight excluding hydrogens is 258 g/mol. The van der Waals surface area contributed by atoms with Gasteiger partial charge in [0.15, 0.2) is 5.84 Å². The number of nitrogens with zero attached hydrogens (tertiary/aromatic N) is 2. The minimum atomic E-state index is -0.823. The second kappa shape index (κ2) is 6.92. The molecule has 20 heavy (non-hydrogen) atoms. The van der Waals surface area contributed by atoms with Crippen LogP contribution in [0.15, 0.2) is 5.16 Å². The van der Waals surface area contributed by atoms with Crippen LogP contribution in [0, 0.1) is 17.3 Å². The van der Waals surface area contributed by atoms with Gasteiger partial charge in [0.05, 0.1) is 6.61 Å². The van der Waals surface area contributed by atoms with Crippen molar-refractivity contribution in [2.24, 2.45) is 28.1 Å². The molecule has 0 aromatic rings. The Kier molecular flexibility index (Phi) is 5.80. The van der Waals surface area contributed by atoms with Crippen LogP contribution in [0.3, 0.4) is 0 Å². The van der Waals surface area contributed by atoms with E-state index in [-0.39, 0.29) is 11.7 Å². The first-order valence-electron chi connectivity index (χ1n) is 7.13. The van der Waals surface area contributed by atoms with Gasteiger partial charge in [0.1, 0.15) is 5.41 Å². The maximum absolute atomic E-state index is 12.8. The van der Waals surface area contributed by atoms with Crippen LogP contribution in [-0.2, 0) is 9.53 Å². The van der Waals surface area contributed by atoms with Crippen LogP contribution >= 0.6 is 0 Å². The Labute approximate surface area is 120 Å². The summed E-state index contributed by atoms with van der Waals surface area (Å²) in [6.45, 7) is 7.86. The third-order valence-electron chi connectivity index (χ3n) is 3.84. The molecule has 0 bridgehead atoms. The van der Waals surface area contributed by atoms with Gasteiger partial charge in [-0.25, -0.2) is 0 Å². The molecule has 1 aliphatic rings. The molecule has 1 rings (SSSR count). The highest BCUT2D eigenvalue weighted by Crippen LogP contribution is 2.47.